The summed E-state index contributed by atoms with van der Waals surface area (Å²) in [6, 6.07) is 23.7. The number of nitrogens with one attached hydrogen (secondary N) is 1. The van der Waals surface area contributed by atoms with Gasteiger partial charge in [-0.25, -0.2) is 4.98 Å². The van der Waals surface area contributed by atoms with E-state index in [4.69, 9.17) is 11.6 Å². The molecule has 4 rings (SSSR count). The number of rotatable bonds is 4. The number of pyridine rings is 1. The van der Waals surface area contributed by atoms with E-state index in [1.54, 1.807) is 18.2 Å². The molecule has 0 spiro atoms. The van der Waals surface area contributed by atoms with Gasteiger partial charge in [-0.15, -0.1) is 0 Å². The van der Waals surface area contributed by atoms with Gasteiger partial charge in [0.05, 0.1) is 16.0 Å². The zero-order valence-corrected chi connectivity index (χ0v) is 14.9. The Labute approximate surface area is 160 Å². The molecule has 1 heterocycles. The van der Waals surface area contributed by atoms with Crippen LogP contribution in [0.1, 0.15) is 0 Å². The predicted molar refractivity (Wildman–Crippen MR) is 109 cm³/mol. The number of hydrogen-bond donors (Lipinski definition) is 1. The summed E-state index contributed by atoms with van der Waals surface area (Å²) in [4.78, 5) is 16.1. The summed E-state index contributed by atoms with van der Waals surface area (Å²) in [6.07, 6.45) is 0. The highest BCUT2D eigenvalue weighted by molar-refractivity contribution is 6.31. The lowest BCUT2D eigenvalue weighted by atomic mass is 9.99. The lowest BCUT2D eigenvalue weighted by Crippen LogP contribution is -2.03. The molecule has 27 heavy (non-hydrogen) atoms. The van der Waals surface area contributed by atoms with Crippen LogP contribution in [-0.2, 0) is 0 Å². The van der Waals surface area contributed by atoms with Crippen molar-refractivity contribution in [3.63, 3.8) is 0 Å². The molecular weight excluding hydrogens is 362 g/mol. The first-order chi connectivity index (χ1) is 13.1. The Bertz CT molecular complexity index is 1130. The van der Waals surface area contributed by atoms with Crippen molar-refractivity contribution in [1.29, 1.82) is 0 Å². The molecule has 4 aromatic rings. The number of fused-ring (bicyclic) bond motifs is 1. The number of hydrogen-bond acceptors (Lipinski definition) is 4. The van der Waals surface area contributed by atoms with E-state index in [9.17, 15) is 10.1 Å². The van der Waals surface area contributed by atoms with E-state index < -0.39 is 4.92 Å². The second-order valence-electron chi connectivity index (χ2n) is 5.96. The van der Waals surface area contributed by atoms with Crippen molar-refractivity contribution >= 4 is 39.7 Å². The Morgan fingerprint density at radius 1 is 0.926 bits per heavy atom. The standard InChI is InChI=1S/C21H14ClN3O2/c22-15-11-12-18-17(13-15)19(14-7-3-1-4-8-14)20(25(26)27)21(24-18)23-16-9-5-2-6-10-16/h1-13H,(H,23,24). The quantitative estimate of drug-likeness (QED) is 0.340. The number of nitrogens with zero attached hydrogens (tertiary/aromatic N) is 2. The van der Waals surface area contributed by atoms with Gasteiger partial charge in [-0.1, -0.05) is 60.1 Å². The monoisotopic (exact) mass is 375 g/mol. The Hall–Kier alpha value is -3.44. The normalized spacial score (nSPS) is 10.7. The summed E-state index contributed by atoms with van der Waals surface area (Å²) in [5, 5.41) is 16.2. The van der Waals surface area contributed by atoms with Gasteiger partial charge < -0.3 is 5.32 Å². The Kier molecular flexibility index (Phi) is 4.44. The minimum absolute atomic E-state index is 0.0835. The summed E-state index contributed by atoms with van der Waals surface area (Å²) in [5.74, 6) is 0.194. The summed E-state index contributed by atoms with van der Waals surface area (Å²) in [7, 11) is 0. The Balaban J connectivity index is 2.05. The molecule has 0 radical (unpaired) electrons. The molecular formula is C21H14ClN3O2. The molecule has 5 nitrogen and oxygen atoms in total. The van der Waals surface area contributed by atoms with Crippen molar-refractivity contribution in [3.05, 3.63) is 94.0 Å². The summed E-state index contributed by atoms with van der Waals surface area (Å²) in [6.45, 7) is 0. The largest absolute Gasteiger partial charge is 0.334 e. The third-order valence-corrected chi connectivity index (χ3v) is 4.44. The maximum Gasteiger partial charge on any atom is 0.320 e. The van der Waals surface area contributed by atoms with Crippen LogP contribution in [0.3, 0.4) is 0 Å². The molecule has 0 atom stereocenters. The molecule has 0 aliphatic carbocycles. The number of benzene rings is 3. The molecule has 0 unspecified atom stereocenters. The Morgan fingerprint density at radius 3 is 2.26 bits per heavy atom. The Morgan fingerprint density at radius 2 is 1.59 bits per heavy atom. The van der Waals surface area contributed by atoms with Crippen molar-refractivity contribution in [2.24, 2.45) is 0 Å². The second-order valence-corrected chi connectivity index (χ2v) is 6.40. The van der Waals surface area contributed by atoms with Crippen molar-refractivity contribution < 1.29 is 4.92 Å². The van der Waals surface area contributed by atoms with Gasteiger partial charge in [0.1, 0.15) is 0 Å². The molecule has 6 heteroatoms. The van der Waals surface area contributed by atoms with Crippen LogP contribution >= 0.6 is 11.6 Å². The van der Waals surface area contributed by atoms with Crippen molar-refractivity contribution in [2.75, 3.05) is 5.32 Å². The zero-order chi connectivity index (χ0) is 18.8. The third kappa shape index (κ3) is 3.32. The van der Waals surface area contributed by atoms with Gasteiger partial charge in [0.15, 0.2) is 0 Å². The van der Waals surface area contributed by atoms with E-state index >= 15 is 0 Å². The average molecular weight is 376 g/mol. The lowest BCUT2D eigenvalue weighted by molar-refractivity contribution is -0.383. The van der Waals surface area contributed by atoms with Crippen LogP contribution in [0.4, 0.5) is 17.2 Å². The van der Waals surface area contributed by atoms with E-state index in [1.165, 1.54) is 0 Å². The van der Waals surface area contributed by atoms with E-state index in [0.717, 1.165) is 11.3 Å². The van der Waals surface area contributed by atoms with Crippen LogP contribution in [0.15, 0.2) is 78.9 Å². The number of halogens is 1. The predicted octanol–water partition coefficient (Wildman–Crippen LogP) is 6.21. The fraction of sp³-hybridized carbons (Fsp3) is 0. The first-order valence-corrected chi connectivity index (χ1v) is 8.66. The molecule has 0 bridgehead atoms. The number of nitro groups is 1. The fourth-order valence-corrected chi connectivity index (χ4v) is 3.22. The van der Waals surface area contributed by atoms with E-state index in [0.29, 0.717) is 21.5 Å². The fourth-order valence-electron chi connectivity index (χ4n) is 3.05. The first-order valence-electron chi connectivity index (χ1n) is 8.28. The smallest absolute Gasteiger partial charge is 0.320 e. The van der Waals surface area contributed by atoms with Gasteiger partial charge in [0.25, 0.3) is 0 Å². The molecule has 3 aromatic carbocycles. The SMILES string of the molecule is O=[N+]([O-])c1c(Nc2ccccc2)nc2ccc(Cl)cc2c1-c1ccccc1. The number of anilines is 2. The van der Waals surface area contributed by atoms with Gasteiger partial charge in [-0.2, -0.15) is 0 Å². The van der Waals surface area contributed by atoms with Crippen LogP contribution in [0.5, 0.6) is 0 Å². The van der Waals surface area contributed by atoms with Crippen LogP contribution in [0.25, 0.3) is 22.0 Å². The minimum Gasteiger partial charge on any atom is -0.334 e. The molecule has 1 aromatic heterocycles. The minimum atomic E-state index is -0.402. The lowest BCUT2D eigenvalue weighted by Gasteiger charge is -2.13. The second kappa shape index (κ2) is 7.05. The van der Waals surface area contributed by atoms with Gasteiger partial charge >= 0.3 is 5.69 Å². The molecule has 0 saturated heterocycles. The molecule has 0 aliphatic heterocycles. The number of para-hydroxylation sites is 1. The molecule has 132 valence electrons. The van der Waals surface area contributed by atoms with E-state index in [-0.39, 0.29) is 11.5 Å². The highest BCUT2D eigenvalue weighted by atomic mass is 35.5. The topological polar surface area (TPSA) is 68.1 Å². The van der Waals surface area contributed by atoms with Crippen LogP contribution in [0.2, 0.25) is 5.02 Å². The summed E-state index contributed by atoms with van der Waals surface area (Å²) in [5.41, 5.74) is 2.49. The van der Waals surface area contributed by atoms with E-state index in [1.807, 2.05) is 60.7 Å². The average Bonchev–Trinajstić information content (AvgIpc) is 2.68. The van der Waals surface area contributed by atoms with Crippen LogP contribution < -0.4 is 5.32 Å². The van der Waals surface area contributed by atoms with Gasteiger partial charge in [-0.05, 0) is 35.9 Å². The number of aromatic nitrogens is 1. The first kappa shape index (κ1) is 17.0. The van der Waals surface area contributed by atoms with Gasteiger partial charge in [0, 0.05) is 16.1 Å². The van der Waals surface area contributed by atoms with Crippen molar-refractivity contribution in [2.45, 2.75) is 0 Å². The highest BCUT2D eigenvalue weighted by Gasteiger charge is 2.26. The van der Waals surface area contributed by atoms with Crippen LogP contribution in [-0.4, -0.2) is 9.91 Å². The molecule has 0 aliphatic rings. The van der Waals surface area contributed by atoms with Gasteiger partial charge in [-0.3, -0.25) is 10.1 Å². The van der Waals surface area contributed by atoms with Crippen LogP contribution in [0, 0.1) is 10.1 Å². The molecule has 1 N–H and O–H groups in total. The van der Waals surface area contributed by atoms with Crippen molar-refractivity contribution in [3.8, 4) is 11.1 Å². The molecule has 0 saturated carbocycles. The van der Waals surface area contributed by atoms with Crippen molar-refractivity contribution in [1.82, 2.24) is 4.98 Å². The maximum atomic E-state index is 12.0. The molecule has 0 fully saturated rings. The summed E-state index contributed by atoms with van der Waals surface area (Å²) < 4.78 is 0. The molecule has 0 amide bonds. The summed E-state index contributed by atoms with van der Waals surface area (Å²) >= 11 is 6.17. The maximum absolute atomic E-state index is 12.0. The highest BCUT2D eigenvalue weighted by Crippen LogP contribution is 2.42. The third-order valence-electron chi connectivity index (χ3n) is 4.20. The van der Waals surface area contributed by atoms with E-state index in [2.05, 4.69) is 10.3 Å². The van der Waals surface area contributed by atoms with Gasteiger partial charge in [0.2, 0.25) is 5.82 Å². The zero-order valence-electron chi connectivity index (χ0n) is 14.1.